The summed E-state index contributed by atoms with van der Waals surface area (Å²) in [6.07, 6.45) is 4.61. The van der Waals surface area contributed by atoms with Crippen molar-refractivity contribution in [1.29, 1.82) is 0 Å². The van der Waals surface area contributed by atoms with Crippen molar-refractivity contribution < 1.29 is 8.78 Å². The van der Waals surface area contributed by atoms with Gasteiger partial charge in [0.05, 0.1) is 5.54 Å². The van der Waals surface area contributed by atoms with Gasteiger partial charge in [-0.1, -0.05) is 24.3 Å². The number of rotatable bonds is 2. The van der Waals surface area contributed by atoms with E-state index in [1.807, 2.05) is 13.0 Å². The number of benzene rings is 2. The molecular formula is C18H19F2N. The van der Waals surface area contributed by atoms with Crippen LogP contribution in [0.15, 0.2) is 36.4 Å². The van der Waals surface area contributed by atoms with Crippen molar-refractivity contribution in [2.45, 2.75) is 38.1 Å². The van der Waals surface area contributed by atoms with Gasteiger partial charge in [0.25, 0.3) is 0 Å². The smallest absolute Gasteiger partial charge is 0.159 e. The van der Waals surface area contributed by atoms with Gasteiger partial charge in [-0.05, 0) is 67.0 Å². The molecule has 1 aliphatic carbocycles. The van der Waals surface area contributed by atoms with Crippen LogP contribution in [0.25, 0.3) is 0 Å². The number of halogens is 2. The van der Waals surface area contributed by atoms with Gasteiger partial charge in [-0.25, -0.2) is 8.78 Å². The largest absolute Gasteiger partial charge is 0.318 e. The molecule has 2 aromatic rings. The van der Waals surface area contributed by atoms with Crippen molar-refractivity contribution in [3.63, 3.8) is 0 Å². The van der Waals surface area contributed by atoms with E-state index in [0.29, 0.717) is 5.56 Å². The van der Waals surface area contributed by atoms with E-state index >= 15 is 0 Å². The average molecular weight is 287 g/mol. The van der Waals surface area contributed by atoms with E-state index in [1.54, 1.807) is 6.07 Å². The third-order valence-corrected chi connectivity index (χ3v) is 4.47. The van der Waals surface area contributed by atoms with E-state index in [9.17, 15) is 8.78 Å². The molecule has 110 valence electrons. The number of aryl methyl sites for hydroxylation is 2. The van der Waals surface area contributed by atoms with Gasteiger partial charge in [-0.3, -0.25) is 0 Å². The van der Waals surface area contributed by atoms with Crippen molar-refractivity contribution >= 4 is 0 Å². The maximum Gasteiger partial charge on any atom is 0.159 e. The highest BCUT2D eigenvalue weighted by Crippen LogP contribution is 2.31. The third kappa shape index (κ3) is 2.58. The highest BCUT2D eigenvalue weighted by molar-refractivity contribution is 5.42. The molecule has 0 aromatic heterocycles. The molecule has 3 heteroatoms. The Morgan fingerprint density at radius 1 is 0.857 bits per heavy atom. The van der Waals surface area contributed by atoms with Gasteiger partial charge in [0.1, 0.15) is 0 Å². The Morgan fingerprint density at radius 2 is 1.48 bits per heavy atom. The van der Waals surface area contributed by atoms with Gasteiger partial charge < -0.3 is 5.73 Å². The number of hydrogen-bond donors (Lipinski definition) is 1. The van der Waals surface area contributed by atoms with Crippen LogP contribution >= 0.6 is 0 Å². The van der Waals surface area contributed by atoms with Crippen LogP contribution in [0.1, 0.15) is 42.0 Å². The van der Waals surface area contributed by atoms with Gasteiger partial charge in [-0.2, -0.15) is 0 Å². The van der Waals surface area contributed by atoms with Crippen molar-refractivity contribution in [3.05, 3.63) is 70.3 Å². The minimum Gasteiger partial charge on any atom is -0.318 e. The molecule has 0 saturated carbocycles. The molecule has 0 aliphatic heterocycles. The van der Waals surface area contributed by atoms with E-state index in [1.165, 1.54) is 30.0 Å². The molecule has 0 amide bonds. The molecule has 1 atom stereocenters. The second-order valence-electron chi connectivity index (χ2n) is 6.02. The fourth-order valence-electron chi connectivity index (χ4n) is 3.04. The van der Waals surface area contributed by atoms with E-state index in [2.05, 4.69) is 12.1 Å². The van der Waals surface area contributed by atoms with E-state index in [4.69, 9.17) is 5.73 Å². The molecule has 1 nitrogen and oxygen atoms in total. The molecule has 0 radical (unpaired) electrons. The lowest BCUT2D eigenvalue weighted by molar-refractivity contribution is 0.500. The van der Waals surface area contributed by atoms with Crippen molar-refractivity contribution in [2.75, 3.05) is 0 Å². The Bertz CT molecular complexity index is 677. The molecule has 0 bridgehead atoms. The quantitative estimate of drug-likeness (QED) is 0.885. The first kappa shape index (κ1) is 14.2. The Balaban J connectivity index is 2.02. The maximum atomic E-state index is 13.5. The van der Waals surface area contributed by atoms with Gasteiger partial charge in [0, 0.05) is 0 Å². The zero-order valence-corrected chi connectivity index (χ0v) is 12.1. The van der Waals surface area contributed by atoms with E-state index in [0.717, 1.165) is 24.5 Å². The predicted molar refractivity (Wildman–Crippen MR) is 80.1 cm³/mol. The fraction of sp³-hybridized carbons (Fsp3) is 0.333. The second kappa shape index (κ2) is 5.23. The van der Waals surface area contributed by atoms with Crippen LogP contribution in [0, 0.1) is 11.6 Å². The van der Waals surface area contributed by atoms with E-state index < -0.39 is 17.2 Å². The molecule has 0 spiro atoms. The standard InChI is InChI=1S/C18H19F2N/c1-18(21,15-8-9-16(19)17(20)11-15)14-7-6-12-4-2-3-5-13(12)10-14/h6-11H,2-5,21H2,1H3. The molecule has 1 aliphatic rings. The fourth-order valence-corrected chi connectivity index (χ4v) is 3.04. The van der Waals surface area contributed by atoms with Crippen LogP contribution in [0.5, 0.6) is 0 Å². The summed E-state index contributed by atoms with van der Waals surface area (Å²) >= 11 is 0. The van der Waals surface area contributed by atoms with Crippen molar-refractivity contribution in [2.24, 2.45) is 5.73 Å². The third-order valence-electron chi connectivity index (χ3n) is 4.47. The monoisotopic (exact) mass is 287 g/mol. The van der Waals surface area contributed by atoms with Gasteiger partial charge in [0.15, 0.2) is 11.6 Å². The van der Waals surface area contributed by atoms with E-state index in [-0.39, 0.29) is 0 Å². The van der Waals surface area contributed by atoms with Gasteiger partial charge >= 0.3 is 0 Å². The normalized spacial score (nSPS) is 17.1. The summed E-state index contributed by atoms with van der Waals surface area (Å²) in [5.74, 6) is -1.71. The van der Waals surface area contributed by atoms with Crippen LogP contribution in [0.2, 0.25) is 0 Å². The highest BCUT2D eigenvalue weighted by Gasteiger charge is 2.26. The molecule has 2 aromatic carbocycles. The Kier molecular flexibility index (Phi) is 3.54. The highest BCUT2D eigenvalue weighted by atomic mass is 19.2. The van der Waals surface area contributed by atoms with Crippen molar-refractivity contribution in [1.82, 2.24) is 0 Å². The zero-order valence-electron chi connectivity index (χ0n) is 12.1. The molecular weight excluding hydrogens is 268 g/mol. The summed E-state index contributed by atoms with van der Waals surface area (Å²) in [6, 6.07) is 10.1. The number of fused-ring (bicyclic) bond motifs is 1. The van der Waals surface area contributed by atoms with Crippen LogP contribution in [0.3, 0.4) is 0 Å². The van der Waals surface area contributed by atoms with Crippen molar-refractivity contribution in [3.8, 4) is 0 Å². The second-order valence-corrected chi connectivity index (χ2v) is 6.02. The SMILES string of the molecule is CC(N)(c1ccc(F)c(F)c1)c1ccc2c(c1)CCCC2. The Morgan fingerprint density at radius 3 is 2.19 bits per heavy atom. The zero-order chi connectivity index (χ0) is 15.0. The lowest BCUT2D eigenvalue weighted by Gasteiger charge is -2.28. The predicted octanol–water partition coefficient (Wildman–Crippen LogP) is 4.07. The molecule has 21 heavy (non-hydrogen) atoms. The Hall–Kier alpha value is -1.74. The number of nitrogens with two attached hydrogens (primary N) is 1. The summed E-state index contributed by atoms with van der Waals surface area (Å²) in [6.45, 7) is 1.84. The molecule has 3 rings (SSSR count). The minimum absolute atomic E-state index is 0.581. The average Bonchev–Trinajstić information content (AvgIpc) is 2.49. The Labute approximate surface area is 123 Å². The lowest BCUT2D eigenvalue weighted by Crippen LogP contribution is -2.34. The van der Waals surface area contributed by atoms with Crippen LogP contribution in [0.4, 0.5) is 8.78 Å². The molecule has 2 N–H and O–H groups in total. The molecule has 0 heterocycles. The summed E-state index contributed by atoms with van der Waals surface area (Å²) < 4.78 is 26.6. The van der Waals surface area contributed by atoms with Crippen LogP contribution in [-0.2, 0) is 18.4 Å². The summed E-state index contributed by atoms with van der Waals surface area (Å²) in [4.78, 5) is 0. The van der Waals surface area contributed by atoms with Gasteiger partial charge in [-0.15, -0.1) is 0 Å². The first-order valence-corrected chi connectivity index (χ1v) is 7.35. The van der Waals surface area contributed by atoms with Crippen LogP contribution in [-0.4, -0.2) is 0 Å². The summed E-state index contributed by atoms with van der Waals surface area (Å²) in [5.41, 5.74) is 9.82. The maximum absolute atomic E-state index is 13.5. The summed E-state index contributed by atoms with van der Waals surface area (Å²) in [7, 11) is 0. The topological polar surface area (TPSA) is 26.0 Å². The summed E-state index contributed by atoms with van der Waals surface area (Å²) in [5, 5.41) is 0. The first-order valence-electron chi connectivity index (χ1n) is 7.35. The molecule has 1 unspecified atom stereocenters. The molecule has 0 fully saturated rings. The van der Waals surface area contributed by atoms with Crippen LogP contribution < -0.4 is 5.73 Å². The lowest BCUT2D eigenvalue weighted by atomic mass is 9.82. The molecule has 0 saturated heterocycles. The number of hydrogen-bond acceptors (Lipinski definition) is 1. The minimum atomic E-state index is -0.859. The van der Waals surface area contributed by atoms with Gasteiger partial charge in [0.2, 0.25) is 0 Å². The first-order chi connectivity index (χ1) is 9.98.